The molecule has 2 nitrogen and oxygen atoms in total. The van der Waals surface area contributed by atoms with E-state index in [1.807, 2.05) is 27.7 Å². The Bertz CT molecular complexity index is 405. The summed E-state index contributed by atoms with van der Waals surface area (Å²) in [5, 5.41) is 10.4. The number of aryl methyl sites for hydroxylation is 1. The number of Topliss-reactive ketones (excluding diaryl/α,β-unsaturated/α-hetero) is 1. The van der Waals surface area contributed by atoms with Gasteiger partial charge in [0.1, 0.15) is 6.10 Å². The third-order valence-corrected chi connectivity index (χ3v) is 2.93. The highest BCUT2D eigenvalue weighted by Gasteiger charge is 2.29. The Hall–Kier alpha value is -0.860. The molecule has 0 aliphatic rings. The van der Waals surface area contributed by atoms with Crippen LogP contribution in [0.15, 0.2) is 18.2 Å². The molecule has 0 heterocycles. The van der Waals surface area contributed by atoms with Gasteiger partial charge in [-0.15, -0.1) is 0 Å². The molecule has 0 aliphatic carbocycles. The fourth-order valence-electron chi connectivity index (χ4n) is 1.30. The third-order valence-electron chi connectivity index (χ3n) is 2.53. The smallest absolute Gasteiger partial charge is 0.191 e. The molecule has 1 N–H and O–H groups in total. The zero-order valence-electron chi connectivity index (χ0n) is 10.0. The fraction of sp³-hybridized carbons (Fsp3) is 0.462. The summed E-state index contributed by atoms with van der Waals surface area (Å²) in [6.07, 6.45) is -1.01. The normalized spacial score (nSPS) is 13.6. The van der Waals surface area contributed by atoms with Crippen LogP contribution in [0.25, 0.3) is 0 Å². The highest BCUT2D eigenvalue weighted by atomic mass is 35.5. The lowest BCUT2D eigenvalue weighted by atomic mass is 9.84. The average molecular weight is 241 g/mol. The molecule has 0 radical (unpaired) electrons. The van der Waals surface area contributed by atoms with Gasteiger partial charge in [0, 0.05) is 10.6 Å². The second kappa shape index (κ2) is 4.56. The van der Waals surface area contributed by atoms with Crippen molar-refractivity contribution in [2.24, 2.45) is 5.41 Å². The average Bonchev–Trinajstić information content (AvgIpc) is 2.18. The molecule has 1 atom stereocenters. The van der Waals surface area contributed by atoms with Gasteiger partial charge in [-0.3, -0.25) is 4.79 Å². The second-order valence-electron chi connectivity index (χ2n) is 5.10. The predicted molar refractivity (Wildman–Crippen MR) is 66.0 cm³/mol. The fourth-order valence-corrected chi connectivity index (χ4v) is 1.48. The maximum atomic E-state index is 11.9. The van der Waals surface area contributed by atoms with E-state index in [2.05, 4.69) is 0 Å². The number of halogens is 1. The van der Waals surface area contributed by atoms with Crippen LogP contribution in [0.4, 0.5) is 0 Å². The Balaban J connectivity index is 3.02. The number of benzene rings is 1. The molecule has 88 valence electrons. The van der Waals surface area contributed by atoms with E-state index in [1.54, 1.807) is 18.2 Å². The van der Waals surface area contributed by atoms with Crippen molar-refractivity contribution in [3.05, 3.63) is 34.3 Å². The van der Waals surface area contributed by atoms with Crippen LogP contribution in [0, 0.1) is 12.3 Å². The summed E-state index contributed by atoms with van der Waals surface area (Å²) in [6, 6.07) is 5.08. The van der Waals surface area contributed by atoms with Crippen LogP contribution in [-0.4, -0.2) is 17.0 Å². The number of aliphatic hydroxyl groups is 1. The van der Waals surface area contributed by atoms with E-state index in [9.17, 15) is 9.90 Å². The van der Waals surface area contributed by atoms with Crippen molar-refractivity contribution in [3.63, 3.8) is 0 Å². The first-order chi connectivity index (χ1) is 7.23. The van der Waals surface area contributed by atoms with Crippen molar-refractivity contribution in [3.8, 4) is 0 Å². The van der Waals surface area contributed by atoms with Gasteiger partial charge in [0.25, 0.3) is 0 Å². The van der Waals surface area contributed by atoms with Crippen molar-refractivity contribution in [1.29, 1.82) is 0 Å². The number of carbonyl (C=O) groups excluding carboxylic acids is 1. The first-order valence-corrected chi connectivity index (χ1v) is 5.59. The topological polar surface area (TPSA) is 37.3 Å². The monoisotopic (exact) mass is 240 g/mol. The van der Waals surface area contributed by atoms with Gasteiger partial charge in [-0.25, -0.2) is 0 Å². The molecule has 0 aromatic heterocycles. The maximum absolute atomic E-state index is 11.9. The van der Waals surface area contributed by atoms with Crippen LogP contribution in [0.3, 0.4) is 0 Å². The quantitative estimate of drug-likeness (QED) is 0.806. The first-order valence-electron chi connectivity index (χ1n) is 5.22. The van der Waals surface area contributed by atoms with Crippen LogP contribution >= 0.6 is 11.6 Å². The lowest BCUT2D eigenvalue weighted by Gasteiger charge is -2.24. The van der Waals surface area contributed by atoms with Crippen LogP contribution < -0.4 is 0 Å². The number of hydrogen-bond acceptors (Lipinski definition) is 2. The van der Waals surface area contributed by atoms with Crippen molar-refractivity contribution >= 4 is 17.4 Å². The van der Waals surface area contributed by atoms with E-state index in [4.69, 9.17) is 11.6 Å². The van der Waals surface area contributed by atoms with Crippen LogP contribution in [0.2, 0.25) is 5.02 Å². The number of carbonyl (C=O) groups is 1. The van der Waals surface area contributed by atoms with Gasteiger partial charge >= 0.3 is 0 Å². The summed E-state index contributed by atoms with van der Waals surface area (Å²) in [5.41, 5.74) is 0.913. The summed E-state index contributed by atoms with van der Waals surface area (Å²) in [6.45, 7) is 7.35. The minimum Gasteiger partial charge on any atom is -0.384 e. The van der Waals surface area contributed by atoms with Gasteiger partial charge in [-0.2, -0.15) is 0 Å². The highest BCUT2D eigenvalue weighted by Crippen LogP contribution is 2.24. The summed E-state index contributed by atoms with van der Waals surface area (Å²) < 4.78 is 0. The summed E-state index contributed by atoms with van der Waals surface area (Å²) in [7, 11) is 0. The van der Waals surface area contributed by atoms with Crippen molar-refractivity contribution in [2.75, 3.05) is 0 Å². The molecule has 0 amide bonds. The molecule has 1 rings (SSSR count). The molecule has 0 fully saturated rings. The first kappa shape index (κ1) is 13.2. The Morgan fingerprint density at radius 2 is 1.94 bits per heavy atom. The zero-order chi connectivity index (χ0) is 12.5. The predicted octanol–water partition coefficient (Wildman–Crippen LogP) is 3.24. The molecule has 1 unspecified atom stereocenters. The number of aliphatic hydroxyl groups excluding tert-OH is 1. The third kappa shape index (κ3) is 2.83. The summed E-state index contributed by atoms with van der Waals surface area (Å²) in [4.78, 5) is 11.9. The Morgan fingerprint density at radius 1 is 1.38 bits per heavy atom. The lowest BCUT2D eigenvalue weighted by Crippen LogP contribution is -2.34. The van der Waals surface area contributed by atoms with Crippen LogP contribution in [0.5, 0.6) is 0 Å². The Kier molecular flexibility index (Phi) is 3.76. The minimum atomic E-state index is -1.01. The molecule has 0 bridgehead atoms. The van der Waals surface area contributed by atoms with Gasteiger partial charge in [0.2, 0.25) is 0 Å². The van der Waals surface area contributed by atoms with E-state index in [1.165, 1.54) is 0 Å². The Labute approximate surface area is 101 Å². The summed E-state index contributed by atoms with van der Waals surface area (Å²) >= 11 is 5.94. The number of rotatable bonds is 2. The molecule has 0 saturated carbocycles. The molecule has 0 saturated heterocycles. The molecule has 0 spiro atoms. The SMILES string of the molecule is Cc1ccc(C(=O)C(O)C(C)(C)C)cc1Cl. The van der Waals surface area contributed by atoms with Gasteiger partial charge in [0.05, 0.1) is 0 Å². The molecule has 0 aliphatic heterocycles. The molecule has 3 heteroatoms. The van der Waals surface area contributed by atoms with Gasteiger partial charge in [-0.05, 0) is 24.0 Å². The molecule has 1 aromatic rings. The van der Waals surface area contributed by atoms with Crippen LogP contribution in [-0.2, 0) is 0 Å². The van der Waals surface area contributed by atoms with Gasteiger partial charge in [-0.1, -0.05) is 44.5 Å². The molecular formula is C13H17ClO2. The van der Waals surface area contributed by atoms with E-state index in [0.29, 0.717) is 10.6 Å². The number of ketones is 1. The van der Waals surface area contributed by atoms with E-state index in [0.717, 1.165) is 5.56 Å². The van der Waals surface area contributed by atoms with Crippen LogP contribution in [0.1, 0.15) is 36.7 Å². The van der Waals surface area contributed by atoms with E-state index in [-0.39, 0.29) is 5.78 Å². The van der Waals surface area contributed by atoms with Gasteiger partial charge in [0.15, 0.2) is 5.78 Å². The molecule has 16 heavy (non-hydrogen) atoms. The van der Waals surface area contributed by atoms with E-state index >= 15 is 0 Å². The largest absolute Gasteiger partial charge is 0.384 e. The molecule has 1 aromatic carbocycles. The zero-order valence-corrected chi connectivity index (χ0v) is 10.8. The van der Waals surface area contributed by atoms with Crippen molar-refractivity contribution < 1.29 is 9.90 Å². The van der Waals surface area contributed by atoms with E-state index < -0.39 is 11.5 Å². The standard InChI is InChI=1S/C13H17ClO2/c1-8-5-6-9(7-10(8)14)11(15)12(16)13(2,3)4/h5-7,12,16H,1-4H3. The summed E-state index contributed by atoms with van der Waals surface area (Å²) in [5.74, 6) is -0.283. The number of hydrogen-bond donors (Lipinski definition) is 1. The van der Waals surface area contributed by atoms with Crippen molar-refractivity contribution in [2.45, 2.75) is 33.8 Å². The second-order valence-corrected chi connectivity index (χ2v) is 5.50. The lowest BCUT2D eigenvalue weighted by molar-refractivity contribution is 0.0443. The van der Waals surface area contributed by atoms with Crippen molar-refractivity contribution in [1.82, 2.24) is 0 Å². The Morgan fingerprint density at radius 3 is 2.38 bits per heavy atom. The maximum Gasteiger partial charge on any atom is 0.191 e. The minimum absolute atomic E-state index is 0.283. The molecular weight excluding hydrogens is 224 g/mol. The van der Waals surface area contributed by atoms with Gasteiger partial charge < -0.3 is 5.11 Å². The highest BCUT2D eigenvalue weighted by molar-refractivity contribution is 6.31.